The molecule has 0 aliphatic heterocycles. The molecule has 1 aromatic rings. The first-order valence-electron chi connectivity index (χ1n) is 3.15. The Hall–Kier alpha value is -1.47. The normalized spacial score (nSPS) is 9.67. The predicted molar refractivity (Wildman–Crippen MR) is 40.2 cm³/mol. The van der Waals surface area contributed by atoms with Crippen LogP contribution in [0.2, 0.25) is 0 Å². The Bertz CT molecular complexity index is 241. The van der Waals surface area contributed by atoms with Crippen LogP contribution in [0.3, 0.4) is 0 Å². The fourth-order valence-electron chi connectivity index (χ4n) is 0.591. The van der Waals surface area contributed by atoms with E-state index in [2.05, 4.69) is 15.0 Å². The van der Waals surface area contributed by atoms with Crippen LogP contribution in [-0.4, -0.2) is 39.5 Å². The van der Waals surface area contributed by atoms with Crippen molar-refractivity contribution < 1.29 is 10.4 Å². The number of rotatable bonds is 2. The van der Waals surface area contributed by atoms with Gasteiger partial charge in [-0.2, -0.15) is 15.0 Å². The third kappa shape index (κ3) is 1.77. The molecule has 0 fully saturated rings. The molecular formula is C5H9N5O2. The Morgan fingerprint density at radius 1 is 1.08 bits per heavy atom. The lowest BCUT2D eigenvalue weighted by atomic mass is 10.8. The summed E-state index contributed by atoms with van der Waals surface area (Å²) in [4.78, 5) is 11.0. The number of hydrogen-bond acceptors (Lipinski definition) is 7. The Labute approximate surface area is 68.8 Å². The SMILES string of the molecule is CN(O)c1ncnc(N(C)O)n1. The summed E-state index contributed by atoms with van der Waals surface area (Å²) in [6.07, 6.45) is 1.19. The van der Waals surface area contributed by atoms with E-state index in [0.717, 1.165) is 10.1 Å². The zero-order valence-corrected chi connectivity index (χ0v) is 6.71. The molecule has 2 N–H and O–H groups in total. The number of hydrogen-bond donors (Lipinski definition) is 2. The quantitative estimate of drug-likeness (QED) is 0.581. The van der Waals surface area contributed by atoms with Crippen LogP contribution < -0.4 is 10.1 Å². The van der Waals surface area contributed by atoms with Gasteiger partial charge in [-0.25, -0.2) is 10.1 Å². The number of hydroxylamine groups is 2. The van der Waals surface area contributed by atoms with E-state index in [0.29, 0.717) is 0 Å². The molecule has 1 rings (SSSR count). The first-order valence-corrected chi connectivity index (χ1v) is 3.15. The molecule has 0 unspecified atom stereocenters. The third-order valence-electron chi connectivity index (χ3n) is 1.13. The van der Waals surface area contributed by atoms with Crippen LogP contribution in [0, 0.1) is 0 Å². The van der Waals surface area contributed by atoms with Gasteiger partial charge in [-0.15, -0.1) is 0 Å². The molecule has 0 atom stereocenters. The summed E-state index contributed by atoms with van der Waals surface area (Å²) in [7, 11) is 2.74. The zero-order chi connectivity index (χ0) is 9.14. The zero-order valence-electron chi connectivity index (χ0n) is 6.71. The first kappa shape index (κ1) is 8.62. The molecule has 0 aliphatic rings. The second kappa shape index (κ2) is 3.28. The molecule has 0 spiro atoms. The molecule has 0 radical (unpaired) electrons. The summed E-state index contributed by atoms with van der Waals surface area (Å²) in [6.45, 7) is 0. The lowest BCUT2D eigenvalue weighted by molar-refractivity contribution is 0.263. The van der Waals surface area contributed by atoms with Crippen LogP contribution in [0.25, 0.3) is 0 Å². The van der Waals surface area contributed by atoms with Crippen molar-refractivity contribution in [3.05, 3.63) is 6.33 Å². The van der Waals surface area contributed by atoms with Crippen LogP contribution in [0.5, 0.6) is 0 Å². The van der Waals surface area contributed by atoms with Gasteiger partial charge in [0.15, 0.2) is 0 Å². The molecule has 7 nitrogen and oxygen atoms in total. The van der Waals surface area contributed by atoms with E-state index < -0.39 is 0 Å². The molecule has 0 amide bonds. The highest BCUT2D eigenvalue weighted by atomic mass is 16.5. The maximum absolute atomic E-state index is 8.91. The summed E-state index contributed by atoms with van der Waals surface area (Å²) in [5, 5.41) is 19.3. The maximum Gasteiger partial charge on any atom is 0.254 e. The van der Waals surface area contributed by atoms with Gasteiger partial charge in [-0.3, -0.25) is 10.4 Å². The minimum absolute atomic E-state index is 0.0703. The van der Waals surface area contributed by atoms with Crippen molar-refractivity contribution in [2.75, 3.05) is 24.2 Å². The van der Waals surface area contributed by atoms with Crippen LogP contribution in [-0.2, 0) is 0 Å². The van der Waals surface area contributed by atoms with Gasteiger partial charge in [0, 0.05) is 14.1 Å². The van der Waals surface area contributed by atoms with Crippen molar-refractivity contribution in [2.24, 2.45) is 0 Å². The monoisotopic (exact) mass is 171 g/mol. The highest BCUT2D eigenvalue weighted by Crippen LogP contribution is 2.05. The van der Waals surface area contributed by atoms with Gasteiger partial charge in [0.1, 0.15) is 6.33 Å². The van der Waals surface area contributed by atoms with Gasteiger partial charge in [-0.05, 0) is 0 Å². The second-order valence-electron chi connectivity index (χ2n) is 2.13. The van der Waals surface area contributed by atoms with Gasteiger partial charge >= 0.3 is 0 Å². The molecule has 66 valence electrons. The molecule has 12 heavy (non-hydrogen) atoms. The topological polar surface area (TPSA) is 85.6 Å². The Morgan fingerprint density at radius 2 is 1.50 bits per heavy atom. The minimum atomic E-state index is 0.0703. The average molecular weight is 171 g/mol. The number of nitrogens with zero attached hydrogens (tertiary/aromatic N) is 5. The van der Waals surface area contributed by atoms with E-state index in [1.165, 1.54) is 20.4 Å². The lowest BCUT2D eigenvalue weighted by Crippen LogP contribution is -2.18. The van der Waals surface area contributed by atoms with Gasteiger partial charge < -0.3 is 0 Å². The first-order chi connectivity index (χ1) is 5.61. The van der Waals surface area contributed by atoms with Crippen LogP contribution in [0.1, 0.15) is 0 Å². The highest BCUT2D eigenvalue weighted by Gasteiger charge is 2.05. The molecule has 0 aromatic carbocycles. The van der Waals surface area contributed by atoms with Gasteiger partial charge in [0.25, 0.3) is 11.9 Å². The van der Waals surface area contributed by atoms with Crippen molar-refractivity contribution in [3.63, 3.8) is 0 Å². The molecule has 0 aliphatic carbocycles. The van der Waals surface area contributed by atoms with Gasteiger partial charge in [0.2, 0.25) is 0 Å². The molecule has 1 heterocycles. The Morgan fingerprint density at radius 3 is 1.83 bits per heavy atom. The summed E-state index contributed by atoms with van der Waals surface area (Å²) >= 11 is 0. The predicted octanol–water partition coefficient (Wildman–Crippen LogP) is -0.478. The van der Waals surface area contributed by atoms with Crippen molar-refractivity contribution in [1.82, 2.24) is 15.0 Å². The Kier molecular flexibility index (Phi) is 2.36. The summed E-state index contributed by atoms with van der Waals surface area (Å²) < 4.78 is 0. The van der Waals surface area contributed by atoms with Crippen molar-refractivity contribution >= 4 is 11.9 Å². The Balaban J connectivity index is 2.96. The fraction of sp³-hybridized carbons (Fsp3) is 0.400. The van der Waals surface area contributed by atoms with E-state index in [1.54, 1.807) is 0 Å². The molecule has 0 saturated carbocycles. The maximum atomic E-state index is 8.91. The van der Waals surface area contributed by atoms with E-state index in [4.69, 9.17) is 10.4 Å². The molecular weight excluding hydrogens is 162 g/mol. The standard InChI is InChI=1S/C5H9N5O2/c1-9(11)4-6-3-7-5(8-4)10(2)12/h3,11-12H,1-2H3. The fourth-order valence-corrected chi connectivity index (χ4v) is 0.591. The lowest BCUT2D eigenvalue weighted by Gasteiger charge is -2.10. The van der Waals surface area contributed by atoms with E-state index in [1.807, 2.05) is 0 Å². The second-order valence-corrected chi connectivity index (χ2v) is 2.13. The average Bonchev–Trinajstić information content (AvgIpc) is 2.04. The van der Waals surface area contributed by atoms with Crippen LogP contribution in [0.4, 0.5) is 11.9 Å². The van der Waals surface area contributed by atoms with E-state index in [-0.39, 0.29) is 11.9 Å². The smallest absolute Gasteiger partial charge is 0.254 e. The summed E-state index contributed by atoms with van der Waals surface area (Å²) in [5.74, 6) is 0.141. The third-order valence-corrected chi connectivity index (χ3v) is 1.13. The van der Waals surface area contributed by atoms with Crippen molar-refractivity contribution in [2.45, 2.75) is 0 Å². The van der Waals surface area contributed by atoms with Crippen LogP contribution >= 0.6 is 0 Å². The molecule has 1 aromatic heterocycles. The molecule has 7 heteroatoms. The van der Waals surface area contributed by atoms with Crippen LogP contribution in [0.15, 0.2) is 6.33 Å². The number of anilines is 2. The summed E-state index contributed by atoms with van der Waals surface area (Å²) in [5.41, 5.74) is 0. The molecule has 0 saturated heterocycles. The highest BCUT2D eigenvalue weighted by molar-refractivity contribution is 5.31. The molecule has 0 bridgehead atoms. The van der Waals surface area contributed by atoms with E-state index in [9.17, 15) is 0 Å². The van der Waals surface area contributed by atoms with E-state index >= 15 is 0 Å². The largest absolute Gasteiger partial charge is 0.286 e. The number of aromatic nitrogens is 3. The minimum Gasteiger partial charge on any atom is -0.286 e. The van der Waals surface area contributed by atoms with Crippen molar-refractivity contribution in [1.29, 1.82) is 0 Å². The van der Waals surface area contributed by atoms with Gasteiger partial charge in [0.05, 0.1) is 0 Å². The van der Waals surface area contributed by atoms with Crippen molar-refractivity contribution in [3.8, 4) is 0 Å². The summed E-state index contributed by atoms with van der Waals surface area (Å²) in [6, 6.07) is 0. The van der Waals surface area contributed by atoms with Gasteiger partial charge in [-0.1, -0.05) is 0 Å².